The van der Waals surface area contributed by atoms with E-state index in [0.717, 1.165) is 96.3 Å². The highest BCUT2D eigenvalue weighted by Gasteiger charge is 2.19. The molecule has 0 fully saturated rings. The van der Waals surface area contributed by atoms with Crippen molar-refractivity contribution >= 4 is 17.9 Å². The molecule has 0 radical (unpaired) electrons. The Morgan fingerprint density at radius 1 is 0.368 bits per heavy atom. The van der Waals surface area contributed by atoms with Gasteiger partial charge in [0.1, 0.15) is 13.2 Å². The van der Waals surface area contributed by atoms with E-state index in [1.807, 2.05) is 0 Å². The van der Waals surface area contributed by atoms with E-state index in [4.69, 9.17) is 14.2 Å². The van der Waals surface area contributed by atoms with Gasteiger partial charge in [0.05, 0.1) is 0 Å². The Kier molecular flexibility index (Phi) is 43.5. The van der Waals surface area contributed by atoms with Crippen LogP contribution in [0.5, 0.6) is 0 Å². The SMILES string of the molecule is CC/C=C\C/C=C\C/C=C\C/C=C\CCCCC(=O)OC[C@@H](COC(=O)CCCCCCCCCCCCC)OC(=O)CCCCCCC/C=C\CCCCCC. The number of allylic oxidation sites excluding steroid dienone is 10. The highest BCUT2D eigenvalue weighted by Crippen LogP contribution is 2.14. The number of hydrogen-bond donors (Lipinski definition) is 0. The van der Waals surface area contributed by atoms with E-state index in [1.165, 1.54) is 89.9 Å². The normalized spacial score (nSPS) is 12.5. The molecule has 1 atom stereocenters. The summed E-state index contributed by atoms with van der Waals surface area (Å²) in [5.41, 5.74) is 0. The van der Waals surface area contributed by atoms with E-state index in [1.54, 1.807) is 0 Å². The smallest absolute Gasteiger partial charge is 0.306 e. The van der Waals surface area contributed by atoms with Gasteiger partial charge in [-0.15, -0.1) is 0 Å². The van der Waals surface area contributed by atoms with Crippen molar-refractivity contribution in [3.05, 3.63) is 60.8 Å². The number of carbonyl (C=O) groups excluding carboxylic acids is 3. The van der Waals surface area contributed by atoms with Crippen LogP contribution in [-0.2, 0) is 28.6 Å². The largest absolute Gasteiger partial charge is 0.462 e. The average Bonchev–Trinajstić information content (AvgIpc) is 3.21. The minimum Gasteiger partial charge on any atom is -0.462 e. The Morgan fingerprint density at radius 2 is 0.684 bits per heavy atom. The number of carbonyl (C=O) groups is 3. The molecule has 0 bridgehead atoms. The third kappa shape index (κ3) is 44.1. The van der Waals surface area contributed by atoms with Crippen LogP contribution in [-0.4, -0.2) is 37.2 Å². The molecule has 0 saturated heterocycles. The van der Waals surface area contributed by atoms with E-state index < -0.39 is 6.10 Å². The summed E-state index contributed by atoms with van der Waals surface area (Å²) < 4.78 is 16.7. The van der Waals surface area contributed by atoms with E-state index in [9.17, 15) is 14.4 Å². The Labute approximate surface area is 351 Å². The molecule has 0 aliphatic rings. The molecule has 0 unspecified atom stereocenters. The van der Waals surface area contributed by atoms with Crippen molar-refractivity contribution in [2.75, 3.05) is 13.2 Å². The fourth-order valence-electron chi connectivity index (χ4n) is 6.43. The highest BCUT2D eigenvalue weighted by molar-refractivity contribution is 5.71. The van der Waals surface area contributed by atoms with Crippen LogP contribution < -0.4 is 0 Å². The fraction of sp³-hybridized carbons (Fsp3) is 0.745. The highest BCUT2D eigenvalue weighted by atomic mass is 16.6. The van der Waals surface area contributed by atoms with Gasteiger partial charge in [-0.05, 0) is 83.5 Å². The molecular formula is C51H88O6. The molecule has 328 valence electrons. The predicted molar refractivity (Wildman–Crippen MR) is 242 cm³/mol. The summed E-state index contributed by atoms with van der Waals surface area (Å²) in [5, 5.41) is 0. The molecule has 0 aliphatic carbocycles. The Bertz CT molecular complexity index is 1050. The van der Waals surface area contributed by atoms with Crippen LogP contribution >= 0.6 is 0 Å². The summed E-state index contributed by atoms with van der Waals surface area (Å²) in [6.45, 7) is 6.45. The van der Waals surface area contributed by atoms with Crippen LogP contribution in [0.4, 0.5) is 0 Å². The molecule has 0 aromatic rings. The van der Waals surface area contributed by atoms with Gasteiger partial charge in [0.25, 0.3) is 0 Å². The standard InChI is InChI=1S/C51H88O6/c1-4-7-10-13-16-19-22-24-25-27-29-32-35-38-41-44-50(53)56-47-48(46-55-49(52)43-40-37-34-31-28-21-18-15-12-9-6-3)57-51(54)45-42-39-36-33-30-26-23-20-17-14-11-8-5-2/h7,10,16,19-20,23-25,29,32,48H,4-6,8-9,11-15,17-18,21-22,26-28,30-31,33-47H2,1-3H3/b10-7-,19-16-,23-20-,25-24-,32-29-/t48-/m1/s1. The second-order valence-electron chi connectivity index (χ2n) is 15.6. The van der Waals surface area contributed by atoms with E-state index >= 15 is 0 Å². The molecule has 0 aromatic heterocycles. The summed E-state index contributed by atoms with van der Waals surface area (Å²) >= 11 is 0. The first-order chi connectivity index (χ1) is 28.0. The van der Waals surface area contributed by atoms with Gasteiger partial charge in [0.15, 0.2) is 6.10 Å². The summed E-state index contributed by atoms with van der Waals surface area (Å²) in [7, 11) is 0. The second-order valence-corrected chi connectivity index (χ2v) is 15.6. The van der Waals surface area contributed by atoms with Gasteiger partial charge in [-0.3, -0.25) is 14.4 Å². The maximum absolute atomic E-state index is 12.7. The van der Waals surface area contributed by atoms with Gasteiger partial charge < -0.3 is 14.2 Å². The van der Waals surface area contributed by atoms with Crippen molar-refractivity contribution < 1.29 is 28.6 Å². The Hall–Kier alpha value is -2.89. The lowest BCUT2D eigenvalue weighted by atomic mass is 10.1. The number of ether oxygens (including phenoxy) is 3. The zero-order chi connectivity index (χ0) is 41.5. The minimum absolute atomic E-state index is 0.0894. The summed E-state index contributed by atoms with van der Waals surface area (Å²) in [6, 6.07) is 0. The molecule has 57 heavy (non-hydrogen) atoms. The molecule has 6 nitrogen and oxygen atoms in total. The van der Waals surface area contributed by atoms with Crippen molar-refractivity contribution in [3.8, 4) is 0 Å². The molecule has 0 aromatic carbocycles. The topological polar surface area (TPSA) is 78.9 Å². The Morgan fingerprint density at radius 3 is 1.14 bits per heavy atom. The summed E-state index contributed by atoms with van der Waals surface area (Å²) in [5.74, 6) is -0.943. The van der Waals surface area contributed by atoms with E-state index in [0.29, 0.717) is 19.3 Å². The van der Waals surface area contributed by atoms with Crippen LogP contribution in [0.15, 0.2) is 60.8 Å². The van der Waals surface area contributed by atoms with Crippen LogP contribution in [0.3, 0.4) is 0 Å². The molecule has 6 heteroatoms. The molecule has 0 aliphatic heterocycles. The van der Waals surface area contributed by atoms with Crippen molar-refractivity contribution in [1.82, 2.24) is 0 Å². The third-order valence-corrected chi connectivity index (χ3v) is 10.0. The molecule has 0 saturated carbocycles. The molecular weight excluding hydrogens is 709 g/mol. The van der Waals surface area contributed by atoms with Crippen LogP contribution in [0.1, 0.15) is 226 Å². The number of rotatable bonds is 42. The third-order valence-electron chi connectivity index (χ3n) is 10.0. The first-order valence-corrected chi connectivity index (χ1v) is 23.8. The lowest BCUT2D eigenvalue weighted by molar-refractivity contribution is -0.167. The van der Waals surface area contributed by atoms with Crippen molar-refractivity contribution in [1.29, 1.82) is 0 Å². The monoisotopic (exact) mass is 797 g/mol. The quantitative estimate of drug-likeness (QED) is 0.0265. The number of unbranched alkanes of at least 4 members (excludes halogenated alkanes) is 21. The van der Waals surface area contributed by atoms with E-state index in [-0.39, 0.29) is 31.1 Å². The summed E-state index contributed by atoms with van der Waals surface area (Å²) in [4.78, 5) is 37.8. The first kappa shape index (κ1) is 54.1. The van der Waals surface area contributed by atoms with Gasteiger partial charge in [-0.2, -0.15) is 0 Å². The van der Waals surface area contributed by atoms with Crippen LogP contribution in [0.2, 0.25) is 0 Å². The molecule has 0 amide bonds. The number of esters is 3. The summed E-state index contributed by atoms with van der Waals surface area (Å²) in [6.07, 6.45) is 54.9. The second kappa shape index (κ2) is 45.8. The molecule has 0 N–H and O–H groups in total. The maximum Gasteiger partial charge on any atom is 0.306 e. The molecule has 0 heterocycles. The van der Waals surface area contributed by atoms with Gasteiger partial charge in [-0.1, -0.05) is 184 Å². The molecule has 0 rings (SSSR count). The maximum atomic E-state index is 12.7. The van der Waals surface area contributed by atoms with Crippen molar-refractivity contribution in [3.63, 3.8) is 0 Å². The fourth-order valence-corrected chi connectivity index (χ4v) is 6.43. The predicted octanol–water partition coefficient (Wildman–Crippen LogP) is 15.3. The van der Waals surface area contributed by atoms with Gasteiger partial charge in [0, 0.05) is 19.3 Å². The van der Waals surface area contributed by atoms with Gasteiger partial charge >= 0.3 is 17.9 Å². The zero-order valence-electron chi connectivity index (χ0n) is 37.3. The van der Waals surface area contributed by atoms with Gasteiger partial charge in [0.2, 0.25) is 0 Å². The number of hydrogen-bond acceptors (Lipinski definition) is 6. The van der Waals surface area contributed by atoms with Gasteiger partial charge in [-0.25, -0.2) is 0 Å². The van der Waals surface area contributed by atoms with E-state index in [2.05, 4.69) is 81.5 Å². The first-order valence-electron chi connectivity index (χ1n) is 23.8. The van der Waals surface area contributed by atoms with Crippen LogP contribution in [0.25, 0.3) is 0 Å². The van der Waals surface area contributed by atoms with Crippen LogP contribution in [0, 0.1) is 0 Å². The zero-order valence-corrected chi connectivity index (χ0v) is 37.3. The average molecular weight is 797 g/mol. The lowest BCUT2D eigenvalue weighted by Gasteiger charge is -2.18. The van der Waals surface area contributed by atoms with Crippen molar-refractivity contribution in [2.45, 2.75) is 232 Å². The lowest BCUT2D eigenvalue weighted by Crippen LogP contribution is -2.30. The molecule has 0 spiro atoms. The Balaban J connectivity index is 4.45. The minimum atomic E-state index is -0.791. The van der Waals surface area contributed by atoms with Crippen molar-refractivity contribution in [2.24, 2.45) is 0 Å².